The normalized spacial score (nSPS) is 13.2. The maximum atomic E-state index is 11.6. The van der Waals surface area contributed by atoms with E-state index in [1.165, 1.54) is 6.08 Å². The van der Waals surface area contributed by atoms with Gasteiger partial charge in [-0.25, -0.2) is 9.59 Å². The molecule has 0 aliphatic rings. The maximum absolute atomic E-state index is 11.6. The van der Waals surface area contributed by atoms with Crippen molar-refractivity contribution in [3.05, 3.63) is 11.6 Å². The molecule has 0 aromatic heterocycles. The summed E-state index contributed by atoms with van der Waals surface area (Å²) in [4.78, 5) is 26.5. The third kappa shape index (κ3) is 6.03. The summed E-state index contributed by atoms with van der Waals surface area (Å²) in [6, 6.07) is 0. The molecular weight excluding hydrogens is 236 g/mol. The van der Waals surface area contributed by atoms with Gasteiger partial charge in [-0.05, 0) is 34.6 Å². The van der Waals surface area contributed by atoms with E-state index < -0.39 is 17.7 Å². The van der Waals surface area contributed by atoms with Gasteiger partial charge in [0.25, 0.3) is 0 Å². The van der Waals surface area contributed by atoms with E-state index in [4.69, 9.17) is 9.84 Å². The number of nitrogens with zero attached hydrogens (tertiary/aromatic N) is 1. The number of nitrogens with one attached hydrogen (secondary N) is 1. The molecule has 0 spiro atoms. The summed E-state index contributed by atoms with van der Waals surface area (Å²) in [6.45, 7) is 8.82. The monoisotopic (exact) mass is 256 g/mol. The second-order valence-electron chi connectivity index (χ2n) is 4.46. The van der Waals surface area contributed by atoms with Gasteiger partial charge in [-0.2, -0.15) is 0 Å². The van der Waals surface area contributed by atoms with Gasteiger partial charge in [0.1, 0.15) is 11.4 Å². The number of carboxylic acids is 1. The van der Waals surface area contributed by atoms with E-state index >= 15 is 0 Å². The molecule has 102 valence electrons. The third-order valence-corrected chi connectivity index (χ3v) is 1.71. The quantitative estimate of drug-likeness (QED) is 0.459. The number of carbonyl (C=O) groups is 2. The highest BCUT2D eigenvalue weighted by atomic mass is 16.6. The maximum Gasteiger partial charge on any atom is 0.413 e. The molecule has 0 saturated carbocycles. The van der Waals surface area contributed by atoms with Gasteiger partial charge in [-0.3, -0.25) is 10.3 Å². The van der Waals surface area contributed by atoms with E-state index in [2.05, 4.69) is 10.3 Å². The fourth-order valence-corrected chi connectivity index (χ4v) is 1.11. The zero-order valence-corrected chi connectivity index (χ0v) is 11.4. The number of ether oxygens (including phenoxy) is 1. The Morgan fingerprint density at radius 3 is 2.28 bits per heavy atom. The highest BCUT2D eigenvalue weighted by molar-refractivity contribution is 6.21. The third-order valence-electron chi connectivity index (χ3n) is 1.71. The lowest BCUT2D eigenvalue weighted by Gasteiger charge is -2.20. The Bertz CT molecular complexity index is 378. The zero-order valence-electron chi connectivity index (χ0n) is 11.4. The fraction of sp³-hybridized carbons (Fsp3) is 0.583. The van der Waals surface area contributed by atoms with E-state index in [-0.39, 0.29) is 11.4 Å². The summed E-state index contributed by atoms with van der Waals surface area (Å²) in [7, 11) is 0. The number of rotatable bonds is 3. The molecular formula is C12H20N2O4. The zero-order chi connectivity index (χ0) is 14.3. The Labute approximate surface area is 107 Å². The second kappa shape index (κ2) is 6.78. The molecule has 0 rings (SSSR count). The number of aliphatic imine (C=N–C) groups is 1. The first-order valence-electron chi connectivity index (χ1n) is 5.65. The van der Waals surface area contributed by atoms with Crippen LogP contribution in [0.15, 0.2) is 16.6 Å². The van der Waals surface area contributed by atoms with Crippen LogP contribution in [-0.2, 0) is 9.53 Å². The SMILES string of the molecule is C/C=C(/C(=O)O)C(=NCC)NC(=O)OC(C)(C)C. The molecule has 0 saturated heterocycles. The lowest BCUT2D eigenvalue weighted by Crippen LogP contribution is -2.38. The van der Waals surface area contributed by atoms with Crippen LogP contribution in [-0.4, -0.2) is 35.2 Å². The van der Waals surface area contributed by atoms with E-state index in [9.17, 15) is 9.59 Å². The minimum absolute atomic E-state index is 0.00162. The Kier molecular flexibility index (Phi) is 6.08. The Morgan fingerprint density at radius 1 is 1.39 bits per heavy atom. The van der Waals surface area contributed by atoms with E-state index in [1.54, 1.807) is 34.6 Å². The summed E-state index contributed by atoms with van der Waals surface area (Å²) >= 11 is 0. The molecule has 0 bridgehead atoms. The van der Waals surface area contributed by atoms with Gasteiger partial charge in [-0.1, -0.05) is 6.08 Å². The molecule has 18 heavy (non-hydrogen) atoms. The van der Waals surface area contributed by atoms with Crippen LogP contribution >= 0.6 is 0 Å². The summed E-state index contributed by atoms with van der Waals surface area (Å²) < 4.78 is 5.04. The Hall–Kier alpha value is -1.85. The number of hydrogen-bond donors (Lipinski definition) is 2. The number of amides is 1. The fourth-order valence-electron chi connectivity index (χ4n) is 1.11. The number of allylic oxidation sites excluding steroid dienone is 1. The van der Waals surface area contributed by atoms with E-state index in [1.807, 2.05) is 0 Å². The Morgan fingerprint density at radius 2 is 1.94 bits per heavy atom. The van der Waals surface area contributed by atoms with Gasteiger partial charge in [-0.15, -0.1) is 0 Å². The van der Waals surface area contributed by atoms with Crippen molar-refractivity contribution in [1.82, 2.24) is 5.32 Å². The van der Waals surface area contributed by atoms with Crippen molar-refractivity contribution < 1.29 is 19.4 Å². The van der Waals surface area contributed by atoms with Crippen LogP contribution < -0.4 is 5.32 Å². The Balaban J connectivity index is 4.92. The average Bonchev–Trinajstić information content (AvgIpc) is 2.14. The molecule has 6 nitrogen and oxygen atoms in total. The van der Waals surface area contributed by atoms with Gasteiger partial charge in [0, 0.05) is 6.54 Å². The van der Waals surface area contributed by atoms with Crippen molar-refractivity contribution >= 4 is 17.9 Å². The van der Waals surface area contributed by atoms with Gasteiger partial charge in [0.15, 0.2) is 0 Å². The molecule has 0 unspecified atom stereocenters. The molecule has 2 N–H and O–H groups in total. The number of aliphatic carboxylic acids is 1. The lowest BCUT2D eigenvalue weighted by molar-refractivity contribution is -0.132. The van der Waals surface area contributed by atoms with Crippen LogP contribution in [0.25, 0.3) is 0 Å². The first-order chi connectivity index (χ1) is 8.21. The summed E-state index contributed by atoms with van der Waals surface area (Å²) in [5, 5.41) is 11.3. The standard InChI is InChI=1S/C12H20N2O4/c1-6-8(10(15)16)9(13-7-2)14-11(17)18-12(3,4)5/h6H,7H2,1-5H3,(H,15,16)(H,13,14,17)/b8-6+. The summed E-state index contributed by atoms with van der Waals surface area (Å²) in [5.74, 6) is -1.15. The molecule has 0 aromatic carbocycles. The molecule has 1 amide bonds. The van der Waals surface area contributed by atoms with Gasteiger partial charge in [0.2, 0.25) is 0 Å². The van der Waals surface area contributed by atoms with Crippen molar-refractivity contribution in [1.29, 1.82) is 0 Å². The number of alkyl carbamates (subject to hydrolysis) is 1. The first kappa shape index (κ1) is 16.1. The smallest absolute Gasteiger partial charge is 0.413 e. The van der Waals surface area contributed by atoms with Crippen LogP contribution in [0.1, 0.15) is 34.6 Å². The number of amidine groups is 1. The highest BCUT2D eigenvalue weighted by Crippen LogP contribution is 2.07. The van der Waals surface area contributed by atoms with Gasteiger partial charge in [0.05, 0.1) is 5.57 Å². The molecule has 0 atom stereocenters. The minimum Gasteiger partial charge on any atom is -0.478 e. The van der Waals surface area contributed by atoms with E-state index in [0.29, 0.717) is 6.54 Å². The van der Waals surface area contributed by atoms with Gasteiger partial charge < -0.3 is 9.84 Å². The number of carboxylic acid groups (broad SMARTS) is 1. The van der Waals surface area contributed by atoms with E-state index in [0.717, 1.165) is 0 Å². The van der Waals surface area contributed by atoms with Crippen molar-refractivity contribution in [2.24, 2.45) is 4.99 Å². The van der Waals surface area contributed by atoms with Crippen molar-refractivity contribution in [3.8, 4) is 0 Å². The predicted octanol–water partition coefficient (Wildman–Crippen LogP) is 1.96. The average molecular weight is 256 g/mol. The lowest BCUT2D eigenvalue weighted by atomic mass is 10.2. The van der Waals surface area contributed by atoms with Crippen LogP contribution in [0, 0.1) is 0 Å². The highest BCUT2D eigenvalue weighted by Gasteiger charge is 2.21. The van der Waals surface area contributed by atoms with Crippen molar-refractivity contribution in [2.45, 2.75) is 40.2 Å². The van der Waals surface area contributed by atoms with Crippen molar-refractivity contribution in [3.63, 3.8) is 0 Å². The van der Waals surface area contributed by atoms with Crippen LogP contribution in [0.5, 0.6) is 0 Å². The topological polar surface area (TPSA) is 88.0 Å². The molecule has 6 heteroatoms. The minimum atomic E-state index is -1.15. The molecule has 0 aromatic rings. The summed E-state index contributed by atoms with van der Waals surface area (Å²) in [5.41, 5.74) is -0.719. The summed E-state index contributed by atoms with van der Waals surface area (Å²) in [6.07, 6.45) is 0.643. The molecule has 0 radical (unpaired) electrons. The first-order valence-corrected chi connectivity index (χ1v) is 5.65. The molecule has 0 heterocycles. The number of carbonyl (C=O) groups excluding carboxylic acids is 1. The molecule has 0 aliphatic carbocycles. The second-order valence-corrected chi connectivity index (χ2v) is 4.46. The van der Waals surface area contributed by atoms with Crippen molar-refractivity contribution in [2.75, 3.05) is 6.54 Å². The predicted molar refractivity (Wildman–Crippen MR) is 68.7 cm³/mol. The van der Waals surface area contributed by atoms with Crippen LogP contribution in [0.3, 0.4) is 0 Å². The molecule has 0 fully saturated rings. The van der Waals surface area contributed by atoms with Gasteiger partial charge >= 0.3 is 12.1 Å². The van der Waals surface area contributed by atoms with Crippen LogP contribution in [0.4, 0.5) is 4.79 Å². The number of hydrogen-bond acceptors (Lipinski definition) is 4. The van der Waals surface area contributed by atoms with Crippen LogP contribution in [0.2, 0.25) is 0 Å². The largest absolute Gasteiger partial charge is 0.478 e. The molecule has 0 aliphatic heterocycles.